The number of benzene rings is 2. The van der Waals surface area contributed by atoms with E-state index in [4.69, 9.17) is 22.6 Å². The third kappa shape index (κ3) is 3.15. The second-order valence-corrected chi connectivity index (χ2v) is 5.19. The fraction of sp³-hybridized carbons (Fsp3) is 0.125. The molecule has 0 fully saturated rings. The molecule has 1 amide bonds. The number of carbonyl (C=O) groups is 1. The number of nitriles is 1. The number of hydrogen-bond acceptors (Lipinski definition) is 3. The molecule has 2 rings (SSSR count). The largest absolute Gasteiger partial charge is 0.398 e. The lowest BCUT2D eigenvalue weighted by Crippen LogP contribution is -2.14. The summed E-state index contributed by atoms with van der Waals surface area (Å²) in [6.07, 6.45) is 0. The first kappa shape index (κ1) is 14.9. The van der Waals surface area contributed by atoms with Crippen molar-refractivity contribution in [2.75, 3.05) is 11.1 Å². The molecule has 3 N–H and O–H groups in total. The number of anilines is 2. The Balaban J connectivity index is 2.35. The van der Waals surface area contributed by atoms with Crippen LogP contribution < -0.4 is 11.1 Å². The summed E-state index contributed by atoms with van der Waals surface area (Å²) in [6.45, 7) is 3.73. The van der Waals surface area contributed by atoms with Crippen molar-refractivity contribution in [3.05, 3.63) is 57.6 Å². The third-order valence-electron chi connectivity index (χ3n) is 3.20. The molecule has 0 atom stereocenters. The first-order valence-corrected chi connectivity index (χ1v) is 6.68. The highest BCUT2D eigenvalue weighted by atomic mass is 35.5. The molecule has 0 radical (unpaired) electrons. The highest BCUT2D eigenvalue weighted by molar-refractivity contribution is 6.34. The molecule has 0 bridgehead atoms. The van der Waals surface area contributed by atoms with Crippen molar-refractivity contribution < 1.29 is 4.79 Å². The summed E-state index contributed by atoms with van der Waals surface area (Å²) in [5, 5.41) is 12.0. The highest BCUT2D eigenvalue weighted by Crippen LogP contribution is 2.25. The second-order valence-electron chi connectivity index (χ2n) is 4.78. The van der Waals surface area contributed by atoms with Crippen LogP contribution in [-0.2, 0) is 0 Å². The van der Waals surface area contributed by atoms with E-state index in [0.717, 1.165) is 11.1 Å². The topological polar surface area (TPSA) is 78.9 Å². The van der Waals surface area contributed by atoms with Crippen molar-refractivity contribution in [1.29, 1.82) is 5.26 Å². The van der Waals surface area contributed by atoms with Gasteiger partial charge < -0.3 is 11.1 Å². The predicted molar refractivity (Wildman–Crippen MR) is 84.4 cm³/mol. The van der Waals surface area contributed by atoms with Crippen molar-refractivity contribution in [2.24, 2.45) is 0 Å². The standard InChI is InChI=1S/C16H14ClN3O/c1-9-5-10(2)14(19)7-12(9)16(21)20-15-6-11(8-18)3-4-13(15)17/h3-7H,19H2,1-2H3,(H,20,21). The normalized spacial score (nSPS) is 10.0. The molecular weight excluding hydrogens is 286 g/mol. The summed E-state index contributed by atoms with van der Waals surface area (Å²) in [7, 11) is 0. The lowest BCUT2D eigenvalue weighted by molar-refractivity contribution is 0.102. The third-order valence-corrected chi connectivity index (χ3v) is 3.53. The number of halogens is 1. The Hall–Kier alpha value is -2.51. The number of amides is 1. The smallest absolute Gasteiger partial charge is 0.256 e. The molecule has 0 spiro atoms. The lowest BCUT2D eigenvalue weighted by atomic mass is 10.0. The first-order valence-electron chi connectivity index (χ1n) is 6.30. The molecule has 4 nitrogen and oxygen atoms in total. The Labute approximate surface area is 128 Å². The van der Waals surface area contributed by atoms with Gasteiger partial charge in [0.1, 0.15) is 0 Å². The van der Waals surface area contributed by atoms with Gasteiger partial charge in [0.15, 0.2) is 0 Å². The molecule has 0 unspecified atom stereocenters. The quantitative estimate of drug-likeness (QED) is 0.831. The van der Waals surface area contributed by atoms with E-state index in [1.165, 1.54) is 6.07 Å². The highest BCUT2D eigenvalue weighted by Gasteiger charge is 2.13. The van der Waals surface area contributed by atoms with E-state index in [1.54, 1.807) is 18.2 Å². The molecular formula is C16H14ClN3O. The Kier molecular flexibility index (Phi) is 4.15. The molecule has 0 aliphatic rings. The van der Waals surface area contributed by atoms with Crippen molar-refractivity contribution >= 4 is 28.9 Å². The van der Waals surface area contributed by atoms with Crippen molar-refractivity contribution in [2.45, 2.75) is 13.8 Å². The molecule has 5 heteroatoms. The van der Waals surface area contributed by atoms with Crippen LogP contribution in [0.5, 0.6) is 0 Å². The Bertz CT molecular complexity index is 763. The van der Waals surface area contributed by atoms with Crippen LogP contribution in [0.15, 0.2) is 30.3 Å². The van der Waals surface area contributed by atoms with E-state index in [-0.39, 0.29) is 5.91 Å². The zero-order valence-electron chi connectivity index (χ0n) is 11.7. The van der Waals surface area contributed by atoms with Crippen LogP contribution in [0.1, 0.15) is 27.0 Å². The number of nitrogens with one attached hydrogen (secondary N) is 1. The molecule has 0 aromatic heterocycles. The SMILES string of the molecule is Cc1cc(C)c(C(=O)Nc2cc(C#N)ccc2Cl)cc1N. The van der Waals surface area contributed by atoms with Crippen LogP contribution in [0.3, 0.4) is 0 Å². The van der Waals surface area contributed by atoms with Gasteiger partial charge >= 0.3 is 0 Å². The first-order chi connectivity index (χ1) is 9.92. The van der Waals surface area contributed by atoms with Crippen LogP contribution in [0, 0.1) is 25.2 Å². The van der Waals surface area contributed by atoms with Crippen molar-refractivity contribution in [3.8, 4) is 6.07 Å². The van der Waals surface area contributed by atoms with E-state index in [2.05, 4.69) is 5.32 Å². The van der Waals surface area contributed by atoms with Gasteiger partial charge in [-0.15, -0.1) is 0 Å². The number of nitrogens with zero attached hydrogens (tertiary/aromatic N) is 1. The van der Waals surface area contributed by atoms with E-state index < -0.39 is 0 Å². The van der Waals surface area contributed by atoms with E-state index in [0.29, 0.717) is 27.5 Å². The van der Waals surface area contributed by atoms with Crippen LogP contribution >= 0.6 is 11.6 Å². The van der Waals surface area contributed by atoms with E-state index >= 15 is 0 Å². The molecule has 2 aromatic rings. The molecule has 0 aliphatic heterocycles. The number of aryl methyl sites for hydroxylation is 2. The average molecular weight is 300 g/mol. The van der Waals surface area contributed by atoms with Gasteiger partial charge in [-0.05, 0) is 49.2 Å². The van der Waals surface area contributed by atoms with Crippen molar-refractivity contribution in [3.63, 3.8) is 0 Å². The summed E-state index contributed by atoms with van der Waals surface area (Å²) in [4.78, 5) is 12.3. The minimum Gasteiger partial charge on any atom is -0.398 e. The maximum Gasteiger partial charge on any atom is 0.256 e. The summed E-state index contributed by atoms with van der Waals surface area (Å²) >= 11 is 6.03. The lowest BCUT2D eigenvalue weighted by Gasteiger charge is -2.11. The average Bonchev–Trinajstić information content (AvgIpc) is 2.45. The van der Waals surface area contributed by atoms with E-state index in [1.807, 2.05) is 26.0 Å². The van der Waals surface area contributed by atoms with Crippen LogP contribution in [0.2, 0.25) is 5.02 Å². The van der Waals surface area contributed by atoms with Gasteiger partial charge in [0, 0.05) is 11.3 Å². The van der Waals surface area contributed by atoms with Crippen LogP contribution in [-0.4, -0.2) is 5.91 Å². The van der Waals surface area contributed by atoms with Gasteiger partial charge in [-0.1, -0.05) is 17.7 Å². The zero-order chi connectivity index (χ0) is 15.6. The summed E-state index contributed by atoms with van der Waals surface area (Å²) < 4.78 is 0. The zero-order valence-corrected chi connectivity index (χ0v) is 12.5. The molecule has 2 aromatic carbocycles. The van der Waals surface area contributed by atoms with Gasteiger partial charge in [-0.25, -0.2) is 0 Å². The fourth-order valence-electron chi connectivity index (χ4n) is 1.99. The summed E-state index contributed by atoms with van der Waals surface area (Å²) in [5.74, 6) is -0.309. The van der Waals surface area contributed by atoms with Gasteiger partial charge in [-0.2, -0.15) is 5.26 Å². The molecule has 0 heterocycles. The minimum absolute atomic E-state index is 0.309. The summed E-state index contributed by atoms with van der Waals surface area (Å²) in [5.41, 5.74) is 9.47. The van der Waals surface area contributed by atoms with Crippen LogP contribution in [0.4, 0.5) is 11.4 Å². The van der Waals surface area contributed by atoms with E-state index in [9.17, 15) is 4.79 Å². The predicted octanol–water partition coefficient (Wildman–Crippen LogP) is 3.66. The second kappa shape index (κ2) is 5.86. The Morgan fingerprint density at radius 1 is 1.24 bits per heavy atom. The van der Waals surface area contributed by atoms with Gasteiger partial charge in [-0.3, -0.25) is 4.79 Å². The molecule has 0 saturated carbocycles. The number of carbonyl (C=O) groups excluding carboxylic acids is 1. The number of hydrogen-bond donors (Lipinski definition) is 2. The number of nitrogens with two attached hydrogens (primary N) is 1. The Morgan fingerprint density at radius 2 is 1.95 bits per heavy atom. The van der Waals surface area contributed by atoms with Gasteiger partial charge in [0.25, 0.3) is 5.91 Å². The maximum absolute atomic E-state index is 12.3. The van der Waals surface area contributed by atoms with Gasteiger partial charge in [0.05, 0.1) is 22.3 Å². The Morgan fingerprint density at radius 3 is 2.62 bits per heavy atom. The molecule has 21 heavy (non-hydrogen) atoms. The molecule has 0 aliphatic carbocycles. The van der Waals surface area contributed by atoms with Crippen molar-refractivity contribution in [1.82, 2.24) is 0 Å². The van der Waals surface area contributed by atoms with Gasteiger partial charge in [0.2, 0.25) is 0 Å². The maximum atomic E-state index is 12.3. The molecule has 0 saturated heterocycles. The van der Waals surface area contributed by atoms with Crippen LogP contribution in [0.25, 0.3) is 0 Å². The molecule has 106 valence electrons. The fourth-order valence-corrected chi connectivity index (χ4v) is 2.16. The monoisotopic (exact) mass is 299 g/mol. The number of rotatable bonds is 2. The summed E-state index contributed by atoms with van der Waals surface area (Å²) in [6, 6.07) is 10.2. The number of nitrogen functional groups attached to an aromatic ring is 1. The minimum atomic E-state index is -0.309.